The summed E-state index contributed by atoms with van der Waals surface area (Å²) < 4.78 is 1.12. The van der Waals surface area contributed by atoms with E-state index in [9.17, 15) is 14.4 Å². The Labute approximate surface area is 156 Å². The molecule has 0 heterocycles. The largest absolute Gasteiger partial charge is 0.481 e. The van der Waals surface area contributed by atoms with E-state index in [4.69, 9.17) is 19.8 Å². The first-order chi connectivity index (χ1) is 11.8. The van der Waals surface area contributed by atoms with Crippen LogP contribution in [0.25, 0.3) is 0 Å². The summed E-state index contributed by atoms with van der Waals surface area (Å²) in [6.45, 7) is 0.359. The number of aliphatic carboxylic acids is 2. The summed E-state index contributed by atoms with van der Waals surface area (Å²) >= 11 is 2.20. The number of carboxylic acids is 2. The minimum absolute atomic E-state index is 0.158. The van der Waals surface area contributed by atoms with Crippen LogP contribution in [-0.4, -0.2) is 46.9 Å². The van der Waals surface area contributed by atoms with Crippen LogP contribution >= 0.6 is 22.6 Å². The van der Waals surface area contributed by atoms with Gasteiger partial charge in [0.2, 0.25) is 0 Å². The molecule has 1 aromatic carbocycles. The fraction of sp³-hybridized carbons (Fsp3) is 0.333. The van der Waals surface area contributed by atoms with E-state index >= 15 is 0 Å². The van der Waals surface area contributed by atoms with E-state index in [2.05, 4.69) is 33.2 Å². The third-order valence-electron chi connectivity index (χ3n) is 2.86. The normalized spacial score (nSPS) is 10.4. The van der Waals surface area contributed by atoms with Gasteiger partial charge in [0.15, 0.2) is 0 Å². The molecule has 0 aliphatic rings. The van der Waals surface area contributed by atoms with E-state index in [0.717, 1.165) is 9.13 Å². The Morgan fingerprint density at radius 2 is 1.68 bits per heavy atom. The quantitative estimate of drug-likeness (QED) is 0.417. The topological polar surface area (TPSA) is 150 Å². The fourth-order valence-electron chi connectivity index (χ4n) is 1.71. The second-order valence-electron chi connectivity index (χ2n) is 4.68. The molecule has 0 saturated carbocycles. The first kappa shape index (κ1) is 22.5. The molecule has 25 heavy (non-hydrogen) atoms. The van der Waals surface area contributed by atoms with E-state index in [1.165, 1.54) is 0 Å². The summed E-state index contributed by atoms with van der Waals surface area (Å²) in [5, 5.41) is 22.3. The summed E-state index contributed by atoms with van der Waals surface area (Å²) in [6.07, 6.45) is 0.395. The van der Waals surface area contributed by atoms with Gasteiger partial charge in [0, 0.05) is 16.5 Å². The lowest BCUT2D eigenvalue weighted by Gasteiger charge is -2.14. The van der Waals surface area contributed by atoms with Crippen LogP contribution in [0.15, 0.2) is 24.3 Å². The Kier molecular flexibility index (Phi) is 11.6. The minimum atomic E-state index is -1.26. The van der Waals surface area contributed by atoms with Gasteiger partial charge in [0.1, 0.15) is 6.04 Å². The minimum Gasteiger partial charge on any atom is -0.481 e. The lowest BCUT2D eigenvalue weighted by Crippen LogP contribution is -2.46. The van der Waals surface area contributed by atoms with Crippen molar-refractivity contribution in [3.05, 3.63) is 33.4 Å². The van der Waals surface area contributed by atoms with Crippen molar-refractivity contribution in [1.29, 1.82) is 0 Å². The standard InChI is InChI=1S/C14H17IN2O5.CO2/c15-10-3-1-9(2-4-10)7-8-16-14(22)17-11(13(20)21)5-6-12(18)19;2-1-3/h1-4,11H,5-8H2,(H,18,19)(H,20,21)(H2,16,17,22);/t11-;/m0./s1. The number of nitrogens with one attached hydrogen (secondary N) is 2. The molecule has 0 spiro atoms. The highest BCUT2D eigenvalue weighted by molar-refractivity contribution is 14.1. The molecule has 1 rings (SSSR count). The van der Waals surface area contributed by atoms with Crippen LogP contribution in [0.5, 0.6) is 0 Å². The molecule has 0 unspecified atom stereocenters. The third-order valence-corrected chi connectivity index (χ3v) is 3.58. The van der Waals surface area contributed by atoms with Gasteiger partial charge in [-0.05, 0) is 53.1 Å². The van der Waals surface area contributed by atoms with Crippen LogP contribution in [0.3, 0.4) is 0 Å². The van der Waals surface area contributed by atoms with Crippen molar-refractivity contribution in [2.45, 2.75) is 25.3 Å². The highest BCUT2D eigenvalue weighted by atomic mass is 127. The molecule has 0 aliphatic heterocycles. The molecular formula is C15H17IN2O7. The average Bonchev–Trinajstić information content (AvgIpc) is 2.53. The van der Waals surface area contributed by atoms with E-state index in [1.807, 2.05) is 24.3 Å². The Balaban J connectivity index is 0.00000178. The lowest BCUT2D eigenvalue weighted by molar-refractivity contribution is -0.191. The Morgan fingerprint density at radius 3 is 2.16 bits per heavy atom. The van der Waals surface area contributed by atoms with Crippen molar-refractivity contribution in [2.24, 2.45) is 0 Å². The van der Waals surface area contributed by atoms with Crippen LogP contribution < -0.4 is 10.6 Å². The van der Waals surface area contributed by atoms with Gasteiger partial charge in [0.05, 0.1) is 0 Å². The highest BCUT2D eigenvalue weighted by Crippen LogP contribution is 2.06. The van der Waals surface area contributed by atoms with E-state index in [-0.39, 0.29) is 19.0 Å². The molecule has 9 nitrogen and oxygen atoms in total. The summed E-state index contributed by atoms with van der Waals surface area (Å²) in [4.78, 5) is 49.2. The summed E-state index contributed by atoms with van der Waals surface area (Å²) in [6, 6.07) is 5.99. The number of carbonyl (C=O) groups is 3. The maximum atomic E-state index is 11.6. The van der Waals surface area contributed by atoms with Crippen LogP contribution in [0, 0.1) is 3.57 Å². The smallest absolute Gasteiger partial charge is 0.373 e. The highest BCUT2D eigenvalue weighted by Gasteiger charge is 2.20. The number of benzene rings is 1. The van der Waals surface area contributed by atoms with Crippen molar-refractivity contribution >= 4 is 46.7 Å². The molecule has 1 aromatic rings. The predicted molar refractivity (Wildman–Crippen MR) is 92.7 cm³/mol. The zero-order valence-corrected chi connectivity index (χ0v) is 15.2. The number of hydrogen-bond donors (Lipinski definition) is 4. The van der Waals surface area contributed by atoms with E-state index in [1.54, 1.807) is 0 Å². The van der Waals surface area contributed by atoms with E-state index in [0.29, 0.717) is 13.0 Å². The lowest BCUT2D eigenvalue weighted by atomic mass is 10.1. The third kappa shape index (κ3) is 11.7. The number of rotatable bonds is 8. The number of carbonyl (C=O) groups excluding carboxylic acids is 3. The molecule has 0 fully saturated rings. The van der Waals surface area contributed by atoms with Crippen molar-refractivity contribution in [3.8, 4) is 0 Å². The van der Waals surface area contributed by atoms with Gasteiger partial charge in [-0.2, -0.15) is 9.59 Å². The summed E-state index contributed by atoms with van der Waals surface area (Å²) in [7, 11) is 0. The molecule has 0 saturated heterocycles. The van der Waals surface area contributed by atoms with Crippen LogP contribution in [0.1, 0.15) is 18.4 Å². The molecule has 10 heteroatoms. The first-order valence-corrected chi connectivity index (χ1v) is 8.10. The maximum Gasteiger partial charge on any atom is 0.373 e. The Morgan fingerprint density at radius 1 is 1.12 bits per heavy atom. The molecule has 0 radical (unpaired) electrons. The number of urea groups is 1. The fourth-order valence-corrected chi connectivity index (χ4v) is 2.07. The molecule has 4 N–H and O–H groups in total. The van der Waals surface area contributed by atoms with Gasteiger partial charge < -0.3 is 20.8 Å². The number of carboxylic acid groups (broad SMARTS) is 2. The summed E-state index contributed by atoms with van der Waals surface area (Å²) in [5.74, 6) is -2.36. The van der Waals surface area contributed by atoms with Crippen molar-refractivity contribution in [3.63, 3.8) is 0 Å². The van der Waals surface area contributed by atoms with Gasteiger partial charge >= 0.3 is 24.1 Å². The second kappa shape index (κ2) is 12.9. The van der Waals surface area contributed by atoms with Crippen molar-refractivity contribution < 1.29 is 34.2 Å². The number of halogens is 1. The van der Waals surface area contributed by atoms with Gasteiger partial charge in [-0.3, -0.25) is 4.79 Å². The molecular weight excluding hydrogens is 447 g/mol. The second-order valence-corrected chi connectivity index (χ2v) is 5.93. The monoisotopic (exact) mass is 464 g/mol. The van der Waals surface area contributed by atoms with Crippen LogP contribution in [0.2, 0.25) is 0 Å². The van der Waals surface area contributed by atoms with Crippen LogP contribution in [-0.2, 0) is 25.6 Å². The average molecular weight is 464 g/mol. The van der Waals surface area contributed by atoms with Gasteiger partial charge in [-0.1, -0.05) is 12.1 Å². The molecule has 0 aliphatic carbocycles. The summed E-state index contributed by atoms with van der Waals surface area (Å²) in [5.41, 5.74) is 1.06. The number of amides is 2. The van der Waals surface area contributed by atoms with Gasteiger partial charge in [0.25, 0.3) is 0 Å². The SMILES string of the molecule is O=C(O)CC[C@H](NC(=O)NCCc1ccc(I)cc1)C(=O)O.O=C=O. The molecule has 1 atom stereocenters. The van der Waals surface area contributed by atoms with Crippen LogP contribution in [0.4, 0.5) is 4.79 Å². The van der Waals surface area contributed by atoms with Crippen molar-refractivity contribution in [1.82, 2.24) is 10.6 Å². The predicted octanol–water partition coefficient (Wildman–Crippen LogP) is 0.867. The molecule has 136 valence electrons. The zero-order valence-electron chi connectivity index (χ0n) is 13.0. The Bertz CT molecular complexity index is 613. The Hall–Kier alpha value is -2.46. The van der Waals surface area contributed by atoms with Gasteiger partial charge in [-0.15, -0.1) is 0 Å². The first-order valence-electron chi connectivity index (χ1n) is 7.02. The molecule has 0 bridgehead atoms. The maximum absolute atomic E-state index is 11.6. The molecule has 0 aromatic heterocycles. The van der Waals surface area contributed by atoms with E-state index < -0.39 is 24.0 Å². The zero-order chi connectivity index (χ0) is 19.2. The van der Waals surface area contributed by atoms with Crippen molar-refractivity contribution in [2.75, 3.05) is 6.54 Å². The molecule has 2 amide bonds. The number of hydrogen-bond acceptors (Lipinski definition) is 5. The van der Waals surface area contributed by atoms with Gasteiger partial charge in [-0.25, -0.2) is 9.59 Å².